The Labute approximate surface area is 256 Å². The Kier molecular flexibility index (Phi) is 11.2. The van der Waals surface area contributed by atoms with Crippen molar-refractivity contribution in [2.24, 2.45) is 0 Å². The number of halogens is 2. The number of nitrogens with zero attached hydrogens (tertiary/aromatic N) is 4. The largest absolute Gasteiger partial charge is 0.492 e. The molecule has 3 aromatic carbocycles. The predicted molar refractivity (Wildman–Crippen MR) is 165 cm³/mol. The summed E-state index contributed by atoms with van der Waals surface area (Å²) >= 11 is 1.43. The molecule has 12 heteroatoms. The highest BCUT2D eigenvalue weighted by molar-refractivity contribution is 7.13. The number of hydrogen-bond acceptors (Lipinski definition) is 9. The maximum atomic E-state index is 14.1. The number of ketones is 1. The zero-order chi connectivity index (χ0) is 31.5. The van der Waals surface area contributed by atoms with Crippen molar-refractivity contribution < 1.29 is 28.2 Å². The molecule has 0 aliphatic rings. The number of carbonyl (C=O) groups is 2. The van der Waals surface area contributed by atoms with Crippen molar-refractivity contribution in [3.8, 4) is 27.6 Å². The van der Waals surface area contributed by atoms with Gasteiger partial charge in [0.15, 0.2) is 5.78 Å². The van der Waals surface area contributed by atoms with E-state index in [0.29, 0.717) is 29.5 Å². The third kappa shape index (κ3) is 8.49. The summed E-state index contributed by atoms with van der Waals surface area (Å²) in [5.41, 5.74) is 4.72. The van der Waals surface area contributed by atoms with Crippen LogP contribution < -0.4 is 10.1 Å². The molecule has 226 valence electrons. The van der Waals surface area contributed by atoms with Crippen LogP contribution in [0, 0.1) is 11.6 Å². The summed E-state index contributed by atoms with van der Waals surface area (Å²) in [6.07, 6.45) is 1.52. The molecule has 2 aromatic heterocycles. The smallest absolute Gasteiger partial charge is 0.290 e. The number of carboxylic acid groups (broad SMARTS) is 1. The first-order valence-corrected chi connectivity index (χ1v) is 14.2. The third-order valence-corrected chi connectivity index (χ3v) is 7.01. The number of anilines is 2. The van der Waals surface area contributed by atoms with Gasteiger partial charge in [0.1, 0.15) is 24.0 Å². The number of Topliss-reactive ketones (excluding diaryl/α,β-unsaturated/α-hetero) is 1. The number of aromatic nitrogens is 3. The highest BCUT2D eigenvalue weighted by atomic mass is 32.1. The van der Waals surface area contributed by atoms with Gasteiger partial charge >= 0.3 is 0 Å². The van der Waals surface area contributed by atoms with Crippen LogP contribution >= 0.6 is 11.3 Å². The quantitative estimate of drug-likeness (QED) is 0.129. The van der Waals surface area contributed by atoms with Crippen LogP contribution in [0.2, 0.25) is 0 Å². The van der Waals surface area contributed by atoms with Gasteiger partial charge in [0, 0.05) is 36.5 Å². The highest BCUT2D eigenvalue weighted by Crippen LogP contribution is 2.34. The predicted octanol–water partition coefficient (Wildman–Crippen LogP) is 6.36. The lowest BCUT2D eigenvalue weighted by Crippen LogP contribution is -2.19. The minimum Gasteiger partial charge on any atom is -0.492 e. The molecule has 5 rings (SSSR count). The molecule has 0 aliphatic carbocycles. The van der Waals surface area contributed by atoms with E-state index in [1.54, 1.807) is 36.0 Å². The number of thiazole rings is 1. The van der Waals surface area contributed by atoms with Gasteiger partial charge in [-0.15, -0.1) is 11.3 Å². The van der Waals surface area contributed by atoms with Crippen molar-refractivity contribution in [3.63, 3.8) is 0 Å². The fraction of sp³-hybridized carbons (Fsp3) is 0.156. The molecule has 0 aliphatic heterocycles. The van der Waals surface area contributed by atoms with Crippen LogP contribution in [0.1, 0.15) is 15.9 Å². The van der Waals surface area contributed by atoms with Crippen molar-refractivity contribution in [1.29, 1.82) is 0 Å². The minimum absolute atomic E-state index is 0.148. The van der Waals surface area contributed by atoms with E-state index in [4.69, 9.17) is 19.6 Å². The van der Waals surface area contributed by atoms with Gasteiger partial charge in [0.2, 0.25) is 5.95 Å². The first-order chi connectivity index (χ1) is 21.3. The second kappa shape index (κ2) is 15.4. The van der Waals surface area contributed by atoms with Crippen LogP contribution in [-0.4, -0.2) is 64.5 Å². The molecule has 0 bridgehead atoms. The van der Waals surface area contributed by atoms with E-state index in [1.165, 1.54) is 17.4 Å². The second-order valence-electron chi connectivity index (χ2n) is 9.60. The Morgan fingerprint density at radius 2 is 1.75 bits per heavy atom. The fourth-order valence-corrected chi connectivity index (χ4v) is 4.96. The molecule has 44 heavy (non-hydrogen) atoms. The minimum atomic E-state index is -0.871. The van der Waals surface area contributed by atoms with Crippen molar-refractivity contribution >= 4 is 35.2 Å². The van der Waals surface area contributed by atoms with Gasteiger partial charge < -0.3 is 20.1 Å². The van der Waals surface area contributed by atoms with Crippen LogP contribution in [0.4, 0.5) is 20.4 Å². The third-order valence-electron chi connectivity index (χ3n) is 6.16. The summed E-state index contributed by atoms with van der Waals surface area (Å²) in [5, 5.41) is 10.1. The summed E-state index contributed by atoms with van der Waals surface area (Å²) in [4.78, 5) is 37.6. The molecule has 0 unspecified atom stereocenters. The number of hydrogen-bond donors (Lipinski definition) is 2. The molecule has 0 saturated carbocycles. The normalized spacial score (nSPS) is 10.6. The molecule has 0 atom stereocenters. The van der Waals surface area contributed by atoms with Crippen molar-refractivity contribution in [1.82, 2.24) is 19.9 Å². The lowest BCUT2D eigenvalue weighted by molar-refractivity contribution is -0.122. The van der Waals surface area contributed by atoms with Gasteiger partial charge in [-0.2, -0.15) is 0 Å². The summed E-state index contributed by atoms with van der Waals surface area (Å²) in [6, 6.07) is 20.0. The first-order valence-electron chi connectivity index (χ1n) is 13.3. The number of ether oxygens (including phenoxy) is 1. The zero-order valence-electron chi connectivity index (χ0n) is 23.9. The van der Waals surface area contributed by atoms with E-state index in [9.17, 15) is 13.6 Å². The molecule has 0 saturated heterocycles. The van der Waals surface area contributed by atoms with Crippen LogP contribution in [-0.2, 0) is 11.2 Å². The maximum absolute atomic E-state index is 14.1. The van der Waals surface area contributed by atoms with Crippen LogP contribution in [0.3, 0.4) is 0 Å². The summed E-state index contributed by atoms with van der Waals surface area (Å²) in [6.45, 7) is 1.13. The molecule has 0 fully saturated rings. The zero-order valence-corrected chi connectivity index (χ0v) is 24.7. The molecule has 0 amide bonds. The Hall–Kier alpha value is -5.07. The lowest BCUT2D eigenvalue weighted by atomic mass is 9.99. The van der Waals surface area contributed by atoms with Gasteiger partial charge in [0.05, 0.1) is 27.3 Å². The Balaban J connectivity index is 0.00000141. The van der Waals surface area contributed by atoms with Crippen LogP contribution in [0.15, 0.2) is 84.5 Å². The molecular weight excluding hydrogens is 588 g/mol. The van der Waals surface area contributed by atoms with E-state index in [1.807, 2.05) is 44.4 Å². The molecule has 2 heterocycles. The first kappa shape index (κ1) is 31.9. The highest BCUT2D eigenvalue weighted by Gasteiger charge is 2.19. The average molecular weight is 618 g/mol. The molecule has 2 N–H and O–H groups in total. The SMILES string of the molecule is CN(C)CCOc1cccc(Nc2nccc(-c3scnc3-c3cccc(CC(=O)c4c(F)cccc4F)c3)n2)c1.O=CO. The van der Waals surface area contributed by atoms with E-state index in [0.717, 1.165) is 40.6 Å². The van der Waals surface area contributed by atoms with E-state index < -0.39 is 23.0 Å². The van der Waals surface area contributed by atoms with Gasteiger partial charge in [-0.3, -0.25) is 9.59 Å². The van der Waals surface area contributed by atoms with Crippen molar-refractivity contribution in [3.05, 3.63) is 107 Å². The Morgan fingerprint density at radius 1 is 1.02 bits per heavy atom. The van der Waals surface area contributed by atoms with Gasteiger partial charge in [0.25, 0.3) is 6.47 Å². The standard InChI is InChI=1S/C31H27F2N5O2S.CH2O2/c1-38(2)14-15-40-23-9-4-8-22(18-23)36-31-34-13-12-26(37-31)30-29(35-19-41-30)21-7-3-6-20(16-21)17-27(39)28-24(32)10-5-11-25(28)33;2-1-3/h3-13,16,18-19H,14-15,17H2,1-2H3,(H,34,36,37);1H,(H,2,3). The number of rotatable bonds is 11. The Morgan fingerprint density at radius 3 is 2.50 bits per heavy atom. The molecule has 0 radical (unpaired) electrons. The van der Waals surface area contributed by atoms with Crippen molar-refractivity contribution in [2.75, 3.05) is 32.6 Å². The summed E-state index contributed by atoms with van der Waals surface area (Å²) in [7, 11) is 3.99. The van der Waals surface area contributed by atoms with Crippen LogP contribution in [0.25, 0.3) is 21.8 Å². The van der Waals surface area contributed by atoms with Crippen molar-refractivity contribution in [2.45, 2.75) is 6.42 Å². The van der Waals surface area contributed by atoms with Crippen LogP contribution in [0.5, 0.6) is 5.75 Å². The Bertz CT molecular complexity index is 1710. The lowest BCUT2D eigenvalue weighted by Gasteiger charge is -2.12. The summed E-state index contributed by atoms with van der Waals surface area (Å²) < 4.78 is 34.1. The van der Waals surface area contributed by atoms with E-state index in [-0.39, 0.29) is 12.9 Å². The van der Waals surface area contributed by atoms with Gasteiger partial charge in [-0.25, -0.2) is 23.7 Å². The average Bonchev–Trinajstić information content (AvgIpc) is 3.48. The number of likely N-dealkylation sites (N-methyl/N-ethyl adjacent to an activating group) is 1. The van der Waals surface area contributed by atoms with E-state index >= 15 is 0 Å². The topological polar surface area (TPSA) is 118 Å². The summed E-state index contributed by atoms with van der Waals surface area (Å²) in [5.74, 6) is -1.21. The second-order valence-corrected chi connectivity index (χ2v) is 10.5. The number of carbonyl (C=O) groups excluding carboxylic acids is 1. The van der Waals surface area contributed by atoms with Gasteiger partial charge in [-0.05, 0) is 56.1 Å². The molecule has 0 spiro atoms. The maximum Gasteiger partial charge on any atom is 0.290 e. The molecular formula is C32H29F2N5O4S. The molecule has 9 nitrogen and oxygen atoms in total. The van der Waals surface area contributed by atoms with E-state index in [2.05, 4.69) is 20.2 Å². The number of nitrogens with one attached hydrogen (secondary N) is 1. The van der Waals surface area contributed by atoms with Gasteiger partial charge in [-0.1, -0.05) is 30.3 Å². The monoisotopic (exact) mass is 617 g/mol. The molecule has 5 aromatic rings. The fourth-order valence-electron chi connectivity index (χ4n) is 4.18. The number of benzene rings is 3.